The Bertz CT molecular complexity index is 544. The van der Waals surface area contributed by atoms with Crippen molar-refractivity contribution in [1.29, 1.82) is 0 Å². The lowest BCUT2D eigenvalue weighted by molar-refractivity contribution is 0.112. The van der Waals surface area contributed by atoms with E-state index in [0.29, 0.717) is 10.6 Å². The molecule has 3 nitrogen and oxygen atoms in total. The molecule has 88 valence electrons. The van der Waals surface area contributed by atoms with Crippen molar-refractivity contribution >= 4 is 52.7 Å². The van der Waals surface area contributed by atoms with E-state index in [1.807, 2.05) is 12.3 Å². The molecular weight excluding hydrogens is 296 g/mol. The molecule has 0 N–H and O–H groups in total. The van der Waals surface area contributed by atoms with Gasteiger partial charge in [-0.1, -0.05) is 52.5 Å². The van der Waals surface area contributed by atoms with Gasteiger partial charge in [-0.05, 0) is 18.4 Å². The molecule has 2 rings (SSSR count). The van der Waals surface area contributed by atoms with Crippen molar-refractivity contribution in [2.24, 2.45) is 0 Å². The third kappa shape index (κ3) is 3.22. The number of nitrogens with zero attached hydrogens (tertiary/aromatic N) is 2. The van der Waals surface area contributed by atoms with Gasteiger partial charge in [0.1, 0.15) is 6.29 Å². The Kier molecular flexibility index (Phi) is 4.44. The Balaban J connectivity index is 2.20. The highest BCUT2D eigenvalue weighted by atomic mass is 35.5. The van der Waals surface area contributed by atoms with E-state index in [9.17, 15) is 4.79 Å². The molecule has 0 unspecified atom stereocenters. The Hall–Kier alpha value is -0.560. The van der Waals surface area contributed by atoms with Crippen LogP contribution in [0.1, 0.15) is 10.4 Å². The van der Waals surface area contributed by atoms with Crippen LogP contribution in [-0.4, -0.2) is 22.7 Å². The number of thioether (sulfide) groups is 1. The lowest BCUT2D eigenvalue weighted by Crippen LogP contribution is -1.81. The molecule has 2 aromatic rings. The number of aromatic nitrogens is 2. The topological polar surface area (TPSA) is 42.9 Å². The van der Waals surface area contributed by atoms with E-state index in [1.165, 1.54) is 23.1 Å². The first-order valence-electron chi connectivity index (χ1n) is 4.53. The molecule has 1 aromatic carbocycles. The van der Waals surface area contributed by atoms with Crippen LogP contribution in [0, 0.1) is 0 Å². The van der Waals surface area contributed by atoms with Crippen molar-refractivity contribution in [1.82, 2.24) is 10.2 Å². The van der Waals surface area contributed by atoms with E-state index >= 15 is 0 Å². The number of rotatable bonds is 4. The minimum atomic E-state index is 0.556. The summed E-state index contributed by atoms with van der Waals surface area (Å²) < 4.78 is 1.77. The molecule has 0 aliphatic rings. The van der Waals surface area contributed by atoms with Crippen LogP contribution in [0.2, 0.25) is 5.02 Å². The summed E-state index contributed by atoms with van der Waals surface area (Å²) in [7, 11) is 0. The van der Waals surface area contributed by atoms with Gasteiger partial charge in [0.05, 0.1) is 5.02 Å². The third-order valence-electron chi connectivity index (χ3n) is 1.85. The lowest BCUT2D eigenvalue weighted by atomic mass is 10.2. The zero-order chi connectivity index (χ0) is 12.3. The number of carbonyl (C=O) groups is 1. The van der Waals surface area contributed by atoms with Crippen LogP contribution >= 0.6 is 46.5 Å². The van der Waals surface area contributed by atoms with Crippen molar-refractivity contribution in [3.8, 4) is 0 Å². The van der Waals surface area contributed by atoms with Gasteiger partial charge in [-0.2, -0.15) is 0 Å². The first-order valence-corrected chi connectivity index (χ1v) is 7.76. The van der Waals surface area contributed by atoms with Crippen LogP contribution in [0.4, 0.5) is 0 Å². The number of hydrogen-bond acceptors (Lipinski definition) is 6. The zero-order valence-corrected chi connectivity index (χ0v) is 11.9. The summed E-state index contributed by atoms with van der Waals surface area (Å²) in [5.74, 6) is 0. The van der Waals surface area contributed by atoms with Gasteiger partial charge >= 0.3 is 0 Å². The normalized spacial score (nSPS) is 10.5. The first kappa shape index (κ1) is 12.9. The maximum atomic E-state index is 10.6. The third-order valence-corrected chi connectivity index (χ3v) is 5.30. The smallest absolute Gasteiger partial charge is 0.179 e. The van der Waals surface area contributed by atoms with E-state index in [-0.39, 0.29) is 0 Å². The van der Waals surface area contributed by atoms with Crippen molar-refractivity contribution in [2.75, 3.05) is 6.26 Å². The highest BCUT2D eigenvalue weighted by Crippen LogP contribution is 2.36. The van der Waals surface area contributed by atoms with Gasteiger partial charge in [0.15, 0.2) is 8.68 Å². The molecule has 0 atom stereocenters. The number of halogens is 1. The fourth-order valence-corrected chi connectivity index (χ4v) is 3.79. The summed E-state index contributed by atoms with van der Waals surface area (Å²) in [6.45, 7) is 0. The van der Waals surface area contributed by atoms with Gasteiger partial charge < -0.3 is 0 Å². The molecule has 17 heavy (non-hydrogen) atoms. The van der Waals surface area contributed by atoms with Gasteiger partial charge in [0.25, 0.3) is 0 Å². The molecule has 0 bridgehead atoms. The first-order chi connectivity index (χ1) is 8.22. The molecule has 0 aliphatic carbocycles. The molecule has 0 saturated carbocycles. The lowest BCUT2D eigenvalue weighted by Gasteiger charge is -2.00. The van der Waals surface area contributed by atoms with Gasteiger partial charge in [0.2, 0.25) is 0 Å². The summed E-state index contributed by atoms with van der Waals surface area (Å²) in [6.07, 6.45) is 2.73. The van der Waals surface area contributed by atoms with Crippen molar-refractivity contribution in [2.45, 2.75) is 13.6 Å². The van der Waals surface area contributed by atoms with Crippen LogP contribution in [-0.2, 0) is 0 Å². The van der Waals surface area contributed by atoms with Crippen molar-refractivity contribution in [3.05, 3.63) is 28.8 Å². The summed E-state index contributed by atoms with van der Waals surface area (Å²) in [6, 6.07) is 5.20. The number of benzene rings is 1. The molecule has 0 saturated heterocycles. The average Bonchev–Trinajstić information content (AvgIpc) is 2.79. The van der Waals surface area contributed by atoms with Gasteiger partial charge in [0, 0.05) is 10.5 Å². The molecule has 0 amide bonds. The van der Waals surface area contributed by atoms with Crippen LogP contribution in [0.3, 0.4) is 0 Å². The molecular formula is C10H7ClN2OS3. The summed E-state index contributed by atoms with van der Waals surface area (Å²) in [5, 5.41) is 8.61. The standard InChI is InChI=1S/C10H7ClN2OS3/c1-15-9-12-13-10(17-9)16-8-3-2-6(5-14)4-7(8)11/h2-5H,1H3. The fourth-order valence-electron chi connectivity index (χ4n) is 1.09. The molecule has 1 heterocycles. The number of hydrogen-bond donors (Lipinski definition) is 0. The molecule has 1 aromatic heterocycles. The number of aldehydes is 1. The van der Waals surface area contributed by atoms with E-state index in [1.54, 1.807) is 23.9 Å². The predicted molar refractivity (Wildman–Crippen MR) is 72.7 cm³/mol. The Morgan fingerprint density at radius 2 is 2.12 bits per heavy atom. The predicted octanol–water partition coefficient (Wildman–Crippen LogP) is 3.88. The van der Waals surface area contributed by atoms with E-state index in [2.05, 4.69) is 10.2 Å². The zero-order valence-electron chi connectivity index (χ0n) is 8.71. The maximum absolute atomic E-state index is 10.6. The molecule has 7 heteroatoms. The van der Waals surface area contributed by atoms with E-state index in [0.717, 1.165) is 19.9 Å². The van der Waals surface area contributed by atoms with Gasteiger partial charge in [-0.3, -0.25) is 4.79 Å². The Morgan fingerprint density at radius 1 is 1.35 bits per heavy atom. The largest absolute Gasteiger partial charge is 0.298 e. The minimum absolute atomic E-state index is 0.556. The van der Waals surface area contributed by atoms with Crippen LogP contribution in [0.5, 0.6) is 0 Å². The second kappa shape index (κ2) is 5.86. The van der Waals surface area contributed by atoms with Crippen molar-refractivity contribution < 1.29 is 4.79 Å². The van der Waals surface area contributed by atoms with Crippen molar-refractivity contribution in [3.63, 3.8) is 0 Å². The average molecular weight is 303 g/mol. The summed E-state index contributed by atoms with van der Waals surface area (Å²) >= 11 is 10.6. The molecule has 0 aliphatic heterocycles. The Morgan fingerprint density at radius 3 is 2.71 bits per heavy atom. The fraction of sp³-hybridized carbons (Fsp3) is 0.100. The SMILES string of the molecule is CSc1nnc(Sc2ccc(C=O)cc2Cl)s1. The highest BCUT2D eigenvalue weighted by Gasteiger charge is 2.08. The van der Waals surface area contributed by atoms with E-state index < -0.39 is 0 Å². The minimum Gasteiger partial charge on any atom is -0.298 e. The molecule has 0 spiro atoms. The monoisotopic (exact) mass is 302 g/mol. The molecule has 0 radical (unpaired) electrons. The summed E-state index contributed by atoms with van der Waals surface area (Å²) in [4.78, 5) is 11.5. The van der Waals surface area contributed by atoms with Gasteiger partial charge in [-0.15, -0.1) is 10.2 Å². The quantitative estimate of drug-likeness (QED) is 0.633. The second-order valence-electron chi connectivity index (χ2n) is 2.95. The molecule has 0 fully saturated rings. The summed E-state index contributed by atoms with van der Waals surface area (Å²) in [5.41, 5.74) is 0.571. The van der Waals surface area contributed by atoms with Crippen LogP contribution < -0.4 is 0 Å². The highest BCUT2D eigenvalue weighted by molar-refractivity contribution is 8.03. The van der Waals surface area contributed by atoms with Gasteiger partial charge in [-0.25, -0.2) is 0 Å². The van der Waals surface area contributed by atoms with Crippen LogP contribution in [0.15, 0.2) is 31.8 Å². The Labute approximate surface area is 116 Å². The van der Waals surface area contributed by atoms with E-state index in [4.69, 9.17) is 11.6 Å². The number of carbonyl (C=O) groups excluding carboxylic acids is 1. The second-order valence-corrected chi connectivity index (χ2v) is 6.67. The van der Waals surface area contributed by atoms with Crippen LogP contribution in [0.25, 0.3) is 0 Å². The maximum Gasteiger partial charge on any atom is 0.179 e.